The molecule has 0 bridgehead atoms. The SMILES string of the molecule is CC.CC(C)(C)N1C=CC=CO1. The highest BCUT2D eigenvalue weighted by Crippen LogP contribution is 2.16. The molecular weight excluding hydrogens is 150 g/mol. The number of hydrogen-bond donors (Lipinski definition) is 0. The van der Waals surface area contributed by atoms with E-state index >= 15 is 0 Å². The average molecular weight is 169 g/mol. The van der Waals surface area contributed by atoms with Crippen molar-refractivity contribution in [3.05, 3.63) is 24.6 Å². The second kappa shape index (κ2) is 4.86. The predicted molar refractivity (Wildman–Crippen MR) is 52.3 cm³/mol. The van der Waals surface area contributed by atoms with Crippen molar-refractivity contribution < 1.29 is 4.84 Å². The summed E-state index contributed by atoms with van der Waals surface area (Å²) in [5.41, 5.74) is 0.0429. The highest BCUT2D eigenvalue weighted by atomic mass is 16.7. The van der Waals surface area contributed by atoms with E-state index in [1.165, 1.54) is 0 Å². The minimum absolute atomic E-state index is 0.0429. The molecule has 2 nitrogen and oxygen atoms in total. The minimum Gasteiger partial charge on any atom is -0.387 e. The molecule has 0 atom stereocenters. The van der Waals surface area contributed by atoms with Gasteiger partial charge >= 0.3 is 0 Å². The van der Waals surface area contributed by atoms with E-state index < -0.39 is 0 Å². The van der Waals surface area contributed by atoms with Crippen LogP contribution in [0.5, 0.6) is 0 Å². The molecule has 70 valence electrons. The number of hydroxylamine groups is 2. The van der Waals surface area contributed by atoms with Crippen molar-refractivity contribution in [2.24, 2.45) is 0 Å². The van der Waals surface area contributed by atoms with E-state index in [1.54, 1.807) is 6.26 Å². The van der Waals surface area contributed by atoms with Gasteiger partial charge in [0.2, 0.25) is 0 Å². The molecular formula is C10H19NO. The molecule has 1 aliphatic rings. The Morgan fingerprint density at radius 2 is 1.67 bits per heavy atom. The third kappa shape index (κ3) is 3.46. The summed E-state index contributed by atoms with van der Waals surface area (Å²) in [6.45, 7) is 10.3. The molecule has 0 saturated heterocycles. The zero-order valence-corrected chi connectivity index (χ0v) is 8.66. The molecule has 12 heavy (non-hydrogen) atoms. The van der Waals surface area contributed by atoms with E-state index in [0.29, 0.717) is 0 Å². The van der Waals surface area contributed by atoms with Crippen LogP contribution in [0.2, 0.25) is 0 Å². The van der Waals surface area contributed by atoms with Gasteiger partial charge in [0.15, 0.2) is 0 Å². The van der Waals surface area contributed by atoms with Gasteiger partial charge in [0.1, 0.15) is 6.26 Å². The first-order chi connectivity index (χ1) is 5.61. The van der Waals surface area contributed by atoms with Crippen molar-refractivity contribution in [3.8, 4) is 0 Å². The molecule has 1 rings (SSSR count). The highest BCUT2D eigenvalue weighted by Gasteiger charge is 2.19. The van der Waals surface area contributed by atoms with E-state index in [2.05, 4.69) is 20.8 Å². The number of hydrogen-bond acceptors (Lipinski definition) is 2. The summed E-state index contributed by atoms with van der Waals surface area (Å²) < 4.78 is 0. The van der Waals surface area contributed by atoms with Gasteiger partial charge in [-0.25, -0.2) is 5.06 Å². The van der Waals surface area contributed by atoms with Crippen molar-refractivity contribution in [1.82, 2.24) is 5.06 Å². The van der Waals surface area contributed by atoms with E-state index in [4.69, 9.17) is 4.84 Å². The van der Waals surface area contributed by atoms with Crippen LogP contribution in [0.25, 0.3) is 0 Å². The van der Waals surface area contributed by atoms with Gasteiger partial charge < -0.3 is 4.84 Å². The van der Waals surface area contributed by atoms with Gasteiger partial charge in [0.05, 0.1) is 5.54 Å². The highest BCUT2D eigenvalue weighted by molar-refractivity contribution is 5.03. The van der Waals surface area contributed by atoms with E-state index in [1.807, 2.05) is 37.3 Å². The number of allylic oxidation sites excluding steroid dienone is 2. The standard InChI is InChI=1S/C8H13NO.C2H6/c1-8(2,3)9-6-4-5-7-10-9;1-2/h4-7H,1-3H3;1-2H3. The maximum absolute atomic E-state index is 5.21. The van der Waals surface area contributed by atoms with Crippen LogP contribution >= 0.6 is 0 Å². The fourth-order valence-corrected chi connectivity index (χ4v) is 0.691. The Labute approximate surface area is 75.5 Å². The molecule has 0 fully saturated rings. The molecule has 0 aromatic carbocycles. The van der Waals surface area contributed by atoms with Crippen LogP contribution in [-0.4, -0.2) is 10.6 Å². The van der Waals surface area contributed by atoms with E-state index in [9.17, 15) is 0 Å². The first kappa shape index (κ1) is 11.1. The van der Waals surface area contributed by atoms with E-state index in [0.717, 1.165) is 0 Å². The summed E-state index contributed by atoms with van der Waals surface area (Å²) in [6, 6.07) is 0. The molecule has 0 unspecified atom stereocenters. The van der Waals surface area contributed by atoms with Crippen LogP contribution in [-0.2, 0) is 4.84 Å². The summed E-state index contributed by atoms with van der Waals surface area (Å²) in [7, 11) is 0. The Hall–Kier alpha value is -0.920. The van der Waals surface area contributed by atoms with Crippen molar-refractivity contribution in [1.29, 1.82) is 0 Å². The molecule has 0 spiro atoms. The second-order valence-electron chi connectivity index (χ2n) is 3.27. The summed E-state index contributed by atoms with van der Waals surface area (Å²) >= 11 is 0. The van der Waals surface area contributed by atoms with Crippen LogP contribution < -0.4 is 0 Å². The van der Waals surface area contributed by atoms with Crippen LogP contribution in [0.1, 0.15) is 34.6 Å². The van der Waals surface area contributed by atoms with Gasteiger partial charge in [0, 0.05) is 6.20 Å². The molecule has 0 saturated carbocycles. The molecule has 0 aromatic heterocycles. The summed E-state index contributed by atoms with van der Waals surface area (Å²) in [4.78, 5) is 5.21. The summed E-state index contributed by atoms with van der Waals surface area (Å²) in [5.74, 6) is 0. The molecule has 1 heterocycles. The van der Waals surface area contributed by atoms with Gasteiger partial charge in [-0.1, -0.05) is 13.8 Å². The lowest BCUT2D eigenvalue weighted by atomic mass is 10.1. The lowest BCUT2D eigenvalue weighted by molar-refractivity contribution is -0.123. The van der Waals surface area contributed by atoms with Gasteiger partial charge in [-0.3, -0.25) is 0 Å². The van der Waals surface area contributed by atoms with Crippen molar-refractivity contribution in [2.75, 3.05) is 0 Å². The molecule has 1 aliphatic heterocycles. The Morgan fingerprint density at radius 1 is 1.08 bits per heavy atom. The van der Waals surface area contributed by atoms with Gasteiger partial charge in [-0.05, 0) is 32.9 Å². The van der Waals surface area contributed by atoms with Crippen molar-refractivity contribution in [2.45, 2.75) is 40.2 Å². The number of rotatable bonds is 0. The normalized spacial score (nSPS) is 14.9. The summed E-state index contributed by atoms with van der Waals surface area (Å²) in [5, 5.41) is 1.81. The third-order valence-electron chi connectivity index (χ3n) is 1.25. The van der Waals surface area contributed by atoms with Gasteiger partial charge in [-0.15, -0.1) is 0 Å². The van der Waals surface area contributed by atoms with E-state index in [-0.39, 0.29) is 5.54 Å². The average Bonchev–Trinajstić information content (AvgIpc) is 2.08. The number of nitrogens with zero attached hydrogens (tertiary/aromatic N) is 1. The second-order valence-corrected chi connectivity index (χ2v) is 3.27. The molecule has 2 heteroatoms. The largest absolute Gasteiger partial charge is 0.387 e. The van der Waals surface area contributed by atoms with Crippen molar-refractivity contribution in [3.63, 3.8) is 0 Å². The van der Waals surface area contributed by atoms with Crippen molar-refractivity contribution >= 4 is 0 Å². The Morgan fingerprint density at radius 3 is 1.92 bits per heavy atom. The quantitative estimate of drug-likeness (QED) is 0.552. The maximum Gasteiger partial charge on any atom is 0.119 e. The maximum atomic E-state index is 5.21. The Bertz CT molecular complexity index is 165. The van der Waals surface area contributed by atoms with Crippen LogP contribution in [0.15, 0.2) is 24.6 Å². The molecule has 0 radical (unpaired) electrons. The molecule has 0 N–H and O–H groups in total. The molecule has 0 aliphatic carbocycles. The lowest BCUT2D eigenvalue weighted by Crippen LogP contribution is -2.36. The Balaban J connectivity index is 0.000000561. The summed E-state index contributed by atoms with van der Waals surface area (Å²) in [6.07, 6.45) is 7.40. The third-order valence-corrected chi connectivity index (χ3v) is 1.25. The molecule has 0 aromatic rings. The minimum atomic E-state index is 0.0429. The first-order valence-electron chi connectivity index (χ1n) is 4.40. The zero-order chi connectivity index (χ0) is 9.61. The first-order valence-corrected chi connectivity index (χ1v) is 4.40. The zero-order valence-electron chi connectivity index (χ0n) is 8.66. The topological polar surface area (TPSA) is 12.5 Å². The molecule has 0 amide bonds. The van der Waals surface area contributed by atoms with Crippen LogP contribution in [0.4, 0.5) is 0 Å². The smallest absolute Gasteiger partial charge is 0.119 e. The fourth-order valence-electron chi connectivity index (χ4n) is 0.691. The van der Waals surface area contributed by atoms with Gasteiger partial charge in [0.25, 0.3) is 0 Å². The van der Waals surface area contributed by atoms with Crippen LogP contribution in [0.3, 0.4) is 0 Å². The predicted octanol–water partition coefficient (Wildman–Crippen LogP) is 3.09. The van der Waals surface area contributed by atoms with Gasteiger partial charge in [-0.2, -0.15) is 0 Å². The fraction of sp³-hybridized carbons (Fsp3) is 0.600. The monoisotopic (exact) mass is 169 g/mol. The Kier molecular flexibility index (Phi) is 4.49. The lowest BCUT2D eigenvalue weighted by Gasteiger charge is -2.32. The van der Waals surface area contributed by atoms with Crippen LogP contribution in [0, 0.1) is 0 Å².